The molecule has 0 aliphatic carbocycles. The molecule has 4 aromatic rings. The van der Waals surface area contributed by atoms with Crippen LogP contribution in [-0.2, 0) is 0 Å². The van der Waals surface area contributed by atoms with Crippen molar-refractivity contribution >= 4 is 22.9 Å². The number of methoxy groups -OCH3 is 4. The average molecular weight is 460 g/mol. The summed E-state index contributed by atoms with van der Waals surface area (Å²) in [7, 11) is 6.19. The third-order valence-corrected chi connectivity index (χ3v) is 5.26. The Balaban J connectivity index is 1.56. The number of aromatic nitrogens is 2. The van der Waals surface area contributed by atoms with Gasteiger partial charge in [-0.15, -0.1) is 0 Å². The van der Waals surface area contributed by atoms with Crippen LogP contribution in [0.15, 0.2) is 59.7 Å². The second kappa shape index (κ2) is 9.95. The smallest absolute Gasteiger partial charge is 0.289 e. The lowest BCUT2D eigenvalue weighted by Gasteiger charge is -2.12. The van der Waals surface area contributed by atoms with E-state index in [4.69, 9.17) is 18.9 Å². The Morgan fingerprint density at radius 1 is 0.912 bits per heavy atom. The fraction of sp³-hybridized carbons (Fsp3) is 0.160. The second-order valence-electron chi connectivity index (χ2n) is 7.19. The molecule has 0 spiro atoms. The van der Waals surface area contributed by atoms with Crippen molar-refractivity contribution in [1.29, 1.82) is 0 Å². The van der Waals surface area contributed by atoms with Crippen LogP contribution in [-0.4, -0.2) is 50.8 Å². The van der Waals surface area contributed by atoms with Crippen LogP contribution in [0, 0.1) is 0 Å². The molecule has 0 saturated carbocycles. The number of aromatic amines is 1. The highest BCUT2D eigenvalue weighted by Crippen LogP contribution is 2.38. The van der Waals surface area contributed by atoms with E-state index in [1.54, 1.807) is 25.3 Å². The molecule has 0 unspecified atom stereocenters. The molecular formula is C25H24N4O5. The minimum Gasteiger partial charge on any atom is -0.496 e. The maximum atomic E-state index is 12.6. The molecule has 1 amide bonds. The van der Waals surface area contributed by atoms with Gasteiger partial charge in [-0.05, 0) is 35.0 Å². The van der Waals surface area contributed by atoms with Gasteiger partial charge in [-0.25, -0.2) is 5.43 Å². The average Bonchev–Trinajstić information content (AvgIpc) is 3.37. The summed E-state index contributed by atoms with van der Waals surface area (Å²) in [5, 5.41) is 13.2. The minimum atomic E-state index is -0.443. The first-order valence-corrected chi connectivity index (χ1v) is 10.3. The van der Waals surface area contributed by atoms with Crippen molar-refractivity contribution < 1.29 is 23.7 Å². The van der Waals surface area contributed by atoms with E-state index in [2.05, 4.69) is 20.7 Å². The molecule has 0 fully saturated rings. The number of hydrogen-bond acceptors (Lipinski definition) is 7. The number of rotatable bonds is 8. The second-order valence-corrected chi connectivity index (χ2v) is 7.19. The van der Waals surface area contributed by atoms with E-state index in [-0.39, 0.29) is 5.69 Å². The molecule has 0 atom stereocenters. The molecule has 3 aromatic carbocycles. The van der Waals surface area contributed by atoms with Gasteiger partial charge in [0, 0.05) is 5.56 Å². The molecule has 1 aromatic heterocycles. The van der Waals surface area contributed by atoms with Crippen LogP contribution < -0.4 is 24.4 Å². The maximum Gasteiger partial charge on any atom is 0.289 e. The van der Waals surface area contributed by atoms with Gasteiger partial charge in [0.25, 0.3) is 5.91 Å². The van der Waals surface area contributed by atoms with Gasteiger partial charge in [0.05, 0.1) is 45.9 Å². The fourth-order valence-corrected chi connectivity index (χ4v) is 3.65. The summed E-state index contributed by atoms with van der Waals surface area (Å²) in [6, 6.07) is 16.9. The molecule has 34 heavy (non-hydrogen) atoms. The van der Waals surface area contributed by atoms with E-state index in [0.717, 1.165) is 16.3 Å². The molecule has 9 heteroatoms. The molecule has 174 valence electrons. The number of hydrogen-bond donors (Lipinski definition) is 2. The molecule has 4 rings (SSSR count). The van der Waals surface area contributed by atoms with Crippen molar-refractivity contribution in [2.45, 2.75) is 0 Å². The van der Waals surface area contributed by atoms with Crippen molar-refractivity contribution in [3.8, 4) is 34.3 Å². The lowest BCUT2D eigenvalue weighted by molar-refractivity contribution is 0.0950. The topological polar surface area (TPSA) is 107 Å². The Morgan fingerprint density at radius 3 is 2.29 bits per heavy atom. The van der Waals surface area contributed by atoms with Crippen molar-refractivity contribution in [1.82, 2.24) is 15.6 Å². The van der Waals surface area contributed by atoms with Crippen LogP contribution in [0.1, 0.15) is 16.1 Å². The molecule has 0 aliphatic heterocycles. The van der Waals surface area contributed by atoms with Gasteiger partial charge in [-0.1, -0.05) is 30.3 Å². The Kier molecular flexibility index (Phi) is 6.63. The van der Waals surface area contributed by atoms with Gasteiger partial charge < -0.3 is 18.9 Å². The molecule has 0 bridgehead atoms. The van der Waals surface area contributed by atoms with Crippen LogP contribution in [0.25, 0.3) is 22.0 Å². The van der Waals surface area contributed by atoms with Crippen molar-refractivity contribution in [3.63, 3.8) is 0 Å². The van der Waals surface area contributed by atoms with E-state index >= 15 is 0 Å². The van der Waals surface area contributed by atoms with Crippen molar-refractivity contribution in [3.05, 3.63) is 65.9 Å². The summed E-state index contributed by atoms with van der Waals surface area (Å²) in [6.45, 7) is 0. The predicted octanol–water partition coefficient (Wildman–Crippen LogP) is 4.03. The normalized spacial score (nSPS) is 10.9. The Morgan fingerprint density at radius 2 is 1.62 bits per heavy atom. The summed E-state index contributed by atoms with van der Waals surface area (Å²) >= 11 is 0. The highest BCUT2D eigenvalue weighted by Gasteiger charge is 2.17. The van der Waals surface area contributed by atoms with Gasteiger partial charge in [-0.2, -0.15) is 10.2 Å². The molecule has 1 heterocycles. The first-order chi connectivity index (χ1) is 16.6. The number of ether oxygens (including phenoxy) is 4. The first kappa shape index (κ1) is 22.7. The first-order valence-electron chi connectivity index (χ1n) is 10.3. The molecule has 0 saturated heterocycles. The zero-order chi connectivity index (χ0) is 24.1. The van der Waals surface area contributed by atoms with E-state index in [1.165, 1.54) is 27.5 Å². The van der Waals surface area contributed by atoms with Gasteiger partial charge in [-0.3, -0.25) is 9.89 Å². The number of carbonyl (C=O) groups excluding carboxylic acids is 1. The quantitative estimate of drug-likeness (QED) is 0.304. The van der Waals surface area contributed by atoms with Crippen LogP contribution in [0.3, 0.4) is 0 Å². The number of amides is 1. The van der Waals surface area contributed by atoms with E-state index in [9.17, 15) is 4.79 Å². The van der Waals surface area contributed by atoms with Crippen LogP contribution in [0.5, 0.6) is 23.0 Å². The van der Waals surface area contributed by atoms with Gasteiger partial charge in [0.1, 0.15) is 11.4 Å². The standard InChI is InChI=1S/C25H24N4O5/c1-31-20-10-9-16-7-5-6-8-17(16)23(20)18-13-19(28-27-18)25(30)29-26-14-15-11-21(32-2)24(34-4)22(12-15)33-3/h5-14H,1-4H3,(H,27,28)(H,29,30)/b26-14-. The highest BCUT2D eigenvalue weighted by atomic mass is 16.5. The van der Waals surface area contributed by atoms with Gasteiger partial charge in [0.2, 0.25) is 5.75 Å². The van der Waals surface area contributed by atoms with Crippen LogP contribution in [0.2, 0.25) is 0 Å². The van der Waals surface area contributed by atoms with Crippen LogP contribution in [0.4, 0.5) is 0 Å². The predicted molar refractivity (Wildman–Crippen MR) is 129 cm³/mol. The third kappa shape index (κ3) is 4.36. The summed E-state index contributed by atoms with van der Waals surface area (Å²) in [5.41, 5.74) is 4.80. The summed E-state index contributed by atoms with van der Waals surface area (Å²) in [5.74, 6) is 1.66. The van der Waals surface area contributed by atoms with Crippen LogP contribution >= 0.6 is 0 Å². The summed E-state index contributed by atoms with van der Waals surface area (Å²) in [6.07, 6.45) is 1.48. The number of fused-ring (bicyclic) bond motifs is 1. The molecule has 0 radical (unpaired) electrons. The fourth-order valence-electron chi connectivity index (χ4n) is 3.65. The SMILES string of the molecule is COc1cc(/C=N\NC(=O)c2cc(-c3c(OC)ccc4ccccc34)n[nH]2)cc(OC)c1OC. The monoisotopic (exact) mass is 460 g/mol. The van der Waals surface area contributed by atoms with Crippen molar-refractivity contribution in [2.24, 2.45) is 5.10 Å². The van der Waals surface area contributed by atoms with Gasteiger partial charge >= 0.3 is 0 Å². The van der Waals surface area contributed by atoms with Gasteiger partial charge in [0.15, 0.2) is 11.5 Å². The number of benzene rings is 3. The lowest BCUT2D eigenvalue weighted by Crippen LogP contribution is -2.18. The number of nitrogens with one attached hydrogen (secondary N) is 2. The molecular weight excluding hydrogens is 436 g/mol. The number of carbonyl (C=O) groups is 1. The van der Waals surface area contributed by atoms with E-state index < -0.39 is 5.91 Å². The van der Waals surface area contributed by atoms with E-state index in [0.29, 0.717) is 34.3 Å². The zero-order valence-electron chi connectivity index (χ0n) is 19.2. The highest BCUT2D eigenvalue weighted by molar-refractivity contribution is 6.00. The lowest BCUT2D eigenvalue weighted by atomic mass is 10.0. The third-order valence-electron chi connectivity index (χ3n) is 5.26. The Labute approximate surface area is 196 Å². The number of hydrazone groups is 1. The summed E-state index contributed by atoms with van der Waals surface area (Å²) in [4.78, 5) is 12.6. The Bertz CT molecular complexity index is 1340. The minimum absolute atomic E-state index is 0.257. The molecule has 2 N–H and O–H groups in total. The van der Waals surface area contributed by atoms with E-state index in [1.807, 2.05) is 36.4 Å². The summed E-state index contributed by atoms with van der Waals surface area (Å²) < 4.78 is 21.5. The zero-order valence-corrected chi connectivity index (χ0v) is 19.2. The number of nitrogens with zero attached hydrogens (tertiary/aromatic N) is 2. The number of H-pyrrole nitrogens is 1. The largest absolute Gasteiger partial charge is 0.496 e. The maximum absolute atomic E-state index is 12.6. The van der Waals surface area contributed by atoms with Crippen molar-refractivity contribution in [2.75, 3.05) is 28.4 Å². The Hall–Kier alpha value is -4.53. The molecule has 0 aliphatic rings. The molecule has 9 nitrogen and oxygen atoms in total.